The van der Waals surface area contributed by atoms with E-state index < -0.39 is 11.7 Å². The SMILES string of the molecule is [CH2]n1cc(CN2C(=O)C(=O)c3cc(C)ccc32)nn1. The highest BCUT2D eigenvalue weighted by molar-refractivity contribution is 6.52. The van der Waals surface area contributed by atoms with Crippen molar-refractivity contribution >= 4 is 17.4 Å². The van der Waals surface area contributed by atoms with E-state index in [1.165, 1.54) is 9.58 Å². The summed E-state index contributed by atoms with van der Waals surface area (Å²) in [6.45, 7) is 2.10. The fourth-order valence-corrected chi connectivity index (χ4v) is 2.14. The monoisotopic (exact) mass is 255 g/mol. The Morgan fingerprint density at radius 2 is 2.11 bits per heavy atom. The largest absolute Gasteiger partial charge is 0.299 e. The molecule has 1 aromatic carbocycles. The molecule has 0 N–H and O–H groups in total. The lowest BCUT2D eigenvalue weighted by Gasteiger charge is -2.14. The average Bonchev–Trinajstić information content (AvgIpc) is 2.88. The number of benzene rings is 1. The Balaban J connectivity index is 1.99. The van der Waals surface area contributed by atoms with Crippen LogP contribution in [-0.2, 0) is 11.3 Å². The molecule has 1 aromatic heterocycles. The molecule has 1 radical (unpaired) electrons. The zero-order valence-corrected chi connectivity index (χ0v) is 10.3. The summed E-state index contributed by atoms with van der Waals surface area (Å²) in [4.78, 5) is 25.3. The number of hydrogen-bond acceptors (Lipinski definition) is 4. The Labute approximate surface area is 109 Å². The molecule has 0 saturated heterocycles. The van der Waals surface area contributed by atoms with E-state index in [0.29, 0.717) is 16.9 Å². The molecule has 0 saturated carbocycles. The number of rotatable bonds is 2. The molecule has 0 atom stereocenters. The van der Waals surface area contributed by atoms with Crippen molar-refractivity contribution in [1.82, 2.24) is 15.0 Å². The summed E-state index contributed by atoms with van der Waals surface area (Å²) >= 11 is 0. The number of anilines is 1. The molecular formula is C13H11N4O2. The van der Waals surface area contributed by atoms with Crippen LogP contribution < -0.4 is 4.90 Å². The van der Waals surface area contributed by atoms with E-state index in [1.54, 1.807) is 18.3 Å². The first-order valence-electron chi connectivity index (χ1n) is 5.75. The van der Waals surface area contributed by atoms with E-state index >= 15 is 0 Å². The van der Waals surface area contributed by atoms with Crippen LogP contribution in [0.15, 0.2) is 24.4 Å². The Hall–Kier alpha value is -2.50. The van der Waals surface area contributed by atoms with Gasteiger partial charge >= 0.3 is 0 Å². The highest BCUT2D eigenvalue weighted by Crippen LogP contribution is 2.30. The molecule has 1 aliphatic heterocycles. The summed E-state index contributed by atoms with van der Waals surface area (Å²) in [5.41, 5.74) is 2.61. The van der Waals surface area contributed by atoms with Gasteiger partial charge in [-0.3, -0.25) is 19.2 Å². The quantitative estimate of drug-likeness (QED) is 0.749. The maximum Gasteiger partial charge on any atom is 0.299 e. The molecule has 1 aliphatic rings. The summed E-state index contributed by atoms with van der Waals surface area (Å²) in [5, 5.41) is 7.58. The average molecular weight is 255 g/mol. The van der Waals surface area contributed by atoms with Crippen molar-refractivity contribution in [2.24, 2.45) is 0 Å². The number of aryl methyl sites for hydroxylation is 1. The molecule has 3 rings (SSSR count). The minimum absolute atomic E-state index is 0.218. The molecule has 1 amide bonds. The lowest BCUT2D eigenvalue weighted by molar-refractivity contribution is -0.114. The van der Waals surface area contributed by atoms with Crippen molar-refractivity contribution < 1.29 is 9.59 Å². The van der Waals surface area contributed by atoms with Crippen LogP contribution in [-0.4, -0.2) is 26.7 Å². The van der Waals surface area contributed by atoms with Gasteiger partial charge in [0, 0.05) is 0 Å². The number of fused-ring (bicyclic) bond motifs is 1. The molecular weight excluding hydrogens is 244 g/mol. The van der Waals surface area contributed by atoms with Crippen molar-refractivity contribution in [3.05, 3.63) is 48.3 Å². The Morgan fingerprint density at radius 3 is 2.79 bits per heavy atom. The molecule has 2 heterocycles. The lowest BCUT2D eigenvalue weighted by Crippen LogP contribution is -2.29. The van der Waals surface area contributed by atoms with Gasteiger partial charge in [0.25, 0.3) is 11.7 Å². The summed E-state index contributed by atoms with van der Waals surface area (Å²) in [5.74, 6) is -1.00. The van der Waals surface area contributed by atoms with Gasteiger partial charge in [0.05, 0.1) is 31.0 Å². The van der Waals surface area contributed by atoms with Crippen LogP contribution >= 0.6 is 0 Å². The second-order valence-electron chi connectivity index (χ2n) is 4.49. The van der Waals surface area contributed by atoms with E-state index in [9.17, 15) is 9.59 Å². The van der Waals surface area contributed by atoms with Crippen molar-refractivity contribution in [3.63, 3.8) is 0 Å². The first-order valence-corrected chi connectivity index (χ1v) is 5.75. The fraction of sp³-hybridized carbons (Fsp3) is 0.154. The third kappa shape index (κ3) is 1.81. The van der Waals surface area contributed by atoms with Gasteiger partial charge in [-0.2, -0.15) is 0 Å². The second-order valence-corrected chi connectivity index (χ2v) is 4.49. The molecule has 0 unspecified atom stereocenters. The lowest BCUT2D eigenvalue weighted by atomic mass is 10.1. The number of Topliss-reactive ketones (excluding diaryl/α,β-unsaturated/α-hetero) is 1. The van der Waals surface area contributed by atoms with Gasteiger partial charge in [0.15, 0.2) is 0 Å². The molecule has 6 nitrogen and oxygen atoms in total. The van der Waals surface area contributed by atoms with Gasteiger partial charge in [-0.25, -0.2) is 0 Å². The highest BCUT2D eigenvalue weighted by Gasteiger charge is 2.36. The summed E-state index contributed by atoms with van der Waals surface area (Å²) in [6.07, 6.45) is 1.62. The van der Waals surface area contributed by atoms with Gasteiger partial charge < -0.3 is 0 Å². The zero-order chi connectivity index (χ0) is 13.6. The van der Waals surface area contributed by atoms with Gasteiger partial charge in [-0.1, -0.05) is 16.8 Å². The van der Waals surface area contributed by atoms with Gasteiger partial charge in [-0.05, 0) is 19.1 Å². The van der Waals surface area contributed by atoms with Gasteiger partial charge in [0.1, 0.15) is 5.69 Å². The highest BCUT2D eigenvalue weighted by atomic mass is 16.2. The van der Waals surface area contributed by atoms with E-state index in [1.807, 2.05) is 13.0 Å². The summed E-state index contributed by atoms with van der Waals surface area (Å²) < 4.78 is 1.31. The number of amides is 1. The Bertz CT molecular complexity index is 690. The minimum atomic E-state index is -0.529. The summed E-state index contributed by atoms with van der Waals surface area (Å²) in [6, 6.07) is 5.38. The molecule has 95 valence electrons. The topological polar surface area (TPSA) is 68.1 Å². The van der Waals surface area contributed by atoms with E-state index in [4.69, 9.17) is 0 Å². The molecule has 6 heteroatoms. The molecule has 0 aliphatic carbocycles. The van der Waals surface area contributed by atoms with Crippen LogP contribution in [0.4, 0.5) is 5.69 Å². The first kappa shape index (κ1) is 11.6. The zero-order valence-electron chi connectivity index (χ0n) is 10.3. The fourth-order valence-electron chi connectivity index (χ4n) is 2.14. The Morgan fingerprint density at radius 1 is 1.32 bits per heavy atom. The van der Waals surface area contributed by atoms with Gasteiger partial charge in [-0.15, -0.1) is 5.10 Å². The minimum Gasteiger partial charge on any atom is -0.299 e. The van der Waals surface area contributed by atoms with Crippen molar-refractivity contribution in [1.29, 1.82) is 0 Å². The molecule has 2 aromatic rings. The molecule has 0 spiro atoms. The Kier molecular flexibility index (Phi) is 2.45. The van der Waals surface area contributed by atoms with E-state index in [-0.39, 0.29) is 6.54 Å². The predicted octanol–water partition coefficient (Wildman–Crippen LogP) is 0.956. The molecule has 0 bridgehead atoms. The smallest absolute Gasteiger partial charge is 0.299 e. The van der Waals surface area contributed by atoms with E-state index in [2.05, 4.69) is 17.4 Å². The number of carbonyl (C=O) groups is 2. The molecule has 19 heavy (non-hydrogen) atoms. The van der Waals surface area contributed by atoms with Crippen LogP contribution in [0, 0.1) is 14.0 Å². The standard InChI is InChI=1S/C13H11N4O2/c1-8-3-4-11-10(5-8)12(18)13(19)17(11)7-9-6-16(2)15-14-9/h3-6H,2,7H2,1H3. The summed E-state index contributed by atoms with van der Waals surface area (Å²) in [7, 11) is 3.58. The van der Waals surface area contributed by atoms with Crippen LogP contribution in [0.3, 0.4) is 0 Å². The van der Waals surface area contributed by atoms with Gasteiger partial charge in [0.2, 0.25) is 0 Å². The second kappa shape index (κ2) is 4.01. The van der Waals surface area contributed by atoms with E-state index in [0.717, 1.165) is 5.56 Å². The van der Waals surface area contributed by atoms with Crippen molar-refractivity contribution in [3.8, 4) is 0 Å². The molecule has 0 fully saturated rings. The third-order valence-corrected chi connectivity index (χ3v) is 3.03. The number of nitrogens with zero attached hydrogens (tertiary/aromatic N) is 4. The number of hydrogen-bond donors (Lipinski definition) is 0. The normalized spacial score (nSPS) is 14.1. The van der Waals surface area contributed by atoms with Crippen molar-refractivity contribution in [2.75, 3.05) is 4.90 Å². The van der Waals surface area contributed by atoms with Crippen LogP contribution in [0.5, 0.6) is 0 Å². The van der Waals surface area contributed by atoms with Crippen molar-refractivity contribution in [2.45, 2.75) is 13.5 Å². The number of carbonyl (C=O) groups excluding carboxylic acids is 2. The third-order valence-electron chi connectivity index (χ3n) is 3.03. The first-order chi connectivity index (χ1) is 9.06. The van der Waals surface area contributed by atoms with Crippen LogP contribution in [0.2, 0.25) is 0 Å². The maximum absolute atomic E-state index is 12.0. The predicted molar refractivity (Wildman–Crippen MR) is 67.5 cm³/mol. The number of aromatic nitrogens is 3. The van der Waals surface area contributed by atoms with Crippen LogP contribution in [0.25, 0.3) is 0 Å². The number of ketones is 1. The van der Waals surface area contributed by atoms with Crippen LogP contribution in [0.1, 0.15) is 21.6 Å². The maximum atomic E-state index is 12.0.